The van der Waals surface area contributed by atoms with Gasteiger partial charge < -0.3 is 10.1 Å². The number of ether oxygens (including phenoxy) is 1. The third kappa shape index (κ3) is 5.03. The molecule has 0 atom stereocenters. The number of carbonyl (C=O) groups is 2. The molecule has 0 fully saturated rings. The minimum Gasteiger partial charge on any atom is -0.465 e. The molecule has 0 radical (unpaired) electrons. The van der Waals surface area contributed by atoms with E-state index in [4.69, 9.17) is 0 Å². The Hall–Kier alpha value is -3.65. The van der Waals surface area contributed by atoms with Crippen LogP contribution >= 0.6 is 0 Å². The van der Waals surface area contributed by atoms with Gasteiger partial charge in [-0.15, -0.1) is 0 Å². The van der Waals surface area contributed by atoms with Gasteiger partial charge in [-0.1, -0.05) is 17.7 Å². The van der Waals surface area contributed by atoms with Crippen molar-refractivity contribution in [2.45, 2.75) is 11.8 Å². The zero-order valence-electron chi connectivity index (χ0n) is 16.4. The second kappa shape index (κ2) is 8.79. The molecule has 1 amide bonds. The number of rotatable bonds is 6. The first kappa shape index (κ1) is 21.1. The average molecular weight is 424 g/mol. The van der Waals surface area contributed by atoms with E-state index in [0.29, 0.717) is 22.5 Å². The molecule has 0 spiro atoms. The van der Waals surface area contributed by atoms with Gasteiger partial charge in [0.05, 0.1) is 17.6 Å². The van der Waals surface area contributed by atoms with E-state index in [1.807, 2.05) is 6.92 Å². The maximum atomic E-state index is 12.4. The molecule has 0 aromatic heterocycles. The normalized spacial score (nSPS) is 10.9. The quantitative estimate of drug-likeness (QED) is 0.586. The molecule has 0 aliphatic rings. The predicted molar refractivity (Wildman–Crippen MR) is 114 cm³/mol. The van der Waals surface area contributed by atoms with E-state index in [1.54, 1.807) is 36.4 Å². The molecule has 0 saturated heterocycles. The van der Waals surface area contributed by atoms with Crippen LogP contribution < -0.4 is 10.0 Å². The molecule has 3 rings (SSSR count). The third-order valence-corrected chi connectivity index (χ3v) is 5.69. The number of hydrogen-bond donors (Lipinski definition) is 2. The number of aryl methyl sites for hydroxylation is 1. The first-order valence-electron chi connectivity index (χ1n) is 8.98. The number of methoxy groups -OCH3 is 1. The van der Waals surface area contributed by atoms with Crippen LogP contribution in [-0.4, -0.2) is 27.4 Å². The lowest BCUT2D eigenvalue weighted by molar-refractivity contribution is 0.0600. The summed E-state index contributed by atoms with van der Waals surface area (Å²) in [5.74, 6) is -0.828. The van der Waals surface area contributed by atoms with Gasteiger partial charge in [-0.2, -0.15) is 0 Å². The Morgan fingerprint density at radius 1 is 0.767 bits per heavy atom. The molecule has 0 unspecified atom stereocenters. The molecule has 3 aromatic rings. The summed E-state index contributed by atoms with van der Waals surface area (Å²) in [5.41, 5.74) is 2.54. The number of amides is 1. The van der Waals surface area contributed by atoms with E-state index in [0.717, 1.165) is 5.56 Å². The summed E-state index contributed by atoms with van der Waals surface area (Å²) in [7, 11) is -2.42. The van der Waals surface area contributed by atoms with Gasteiger partial charge in [-0.3, -0.25) is 9.52 Å². The van der Waals surface area contributed by atoms with E-state index in [-0.39, 0.29) is 10.8 Å². The van der Waals surface area contributed by atoms with Crippen LogP contribution in [0.25, 0.3) is 0 Å². The molecule has 2 N–H and O–H groups in total. The van der Waals surface area contributed by atoms with E-state index in [1.165, 1.54) is 43.5 Å². The van der Waals surface area contributed by atoms with Crippen molar-refractivity contribution in [3.63, 3.8) is 0 Å². The van der Waals surface area contributed by atoms with Crippen LogP contribution in [0, 0.1) is 6.92 Å². The van der Waals surface area contributed by atoms with Gasteiger partial charge in [0.15, 0.2) is 0 Å². The molecule has 7 nitrogen and oxygen atoms in total. The Balaban J connectivity index is 1.67. The first-order chi connectivity index (χ1) is 14.3. The molecule has 0 bridgehead atoms. The minimum absolute atomic E-state index is 0.158. The van der Waals surface area contributed by atoms with Crippen molar-refractivity contribution >= 4 is 33.3 Å². The molecule has 0 saturated carbocycles. The highest BCUT2D eigenvalue weighted by Gasteiger charge is 2.14. The number of sulfonamides is 1. The molecule has 8 heteroatoms. The fourth-order valence-corrected chi connectivity index (χ4v) is 3.69. The van der Waals surface area contributed by atoms with Crippen molar-refractivity contribution in [1.29, 1.82) is 0 Å². The van der Waals surface area contributed by atoms with Crippen molar-refractivity contribution in [2.75, 3.05) is 17.1 Å². The van der Waals surface area contributed by atoms with Crippen molar-refractivity contribution < 1.29 is 22.7 Å². The zero-order chi connectivity index (χ0) is 21.7. The summed E-state index contributed by atoms with van der Waals surface area (Å²) in [6.07, 6.45) is 0. The van der Waals surface area contributed by atoms with Crippen LogP contribution in [0.3, 0.4) is 0 Å². The molecule has 0 aliphatic carbocycles. The lowest BCUT2D eigenvalue weighted by Gasteiger charge is -2.10. The maximum Gasteiger partial charge on any atom is 0.337 e. The number of anilines is 2. The van der Waals surface area contributed by atoms with Gasteiger partial charge in [0, 0.05) is 16.9 Å². The van der Waals surface area contributed by atoms with E-state index in [2.05, 4.69) is 14.8 Å². The van der Waals surface area contributed by atoms with Gasteiger partial charge in [-0.05, 0) is 67.6 Å². The largest absolute Gasteiger partial charge is 0.465 e. The molecular weight excluding hydrogens is 404 g/mol. The van der Waals surface area contributed by atoms with E-state index < -0.39 is 16.0 Å². The van der Waals surface area contributed by atoms with Gasteiger partial charge in [0.1, 0.15) is 0 Å². The summed E-state index contributed by atoms with van der Waals surface area (Å²) in [4.78, 5) is 24.0. The van der Waals surface area contributed by atoms with Gasteiger partial charge in [-0.25, -0.2) is 13.2 Å². The second-order valence-corrected chi connectivity index (χ2v) is 8.20. The minimum atomic E-state index is -3.71. The zero-order valence-corrected chi connectivity index (χ0v) is 17.2. The van der Waals surface area contributed by atoms with Crippen LogP contribution in [0.2, 0.25) is 0 Å². The average Bonchev–Trinajstić information content (AvgIpc) is 2.74. The fourth-order valence-electron chi connectivity index (χ4n) is 2.63. The highest BCUT2D eigenvalue weighted by molar-refractivity contribution is 7.92. The van der Waals surface area contributed by atoms with Crippen molar-refractivity contribution in [3.8, 4) is 0 Å². The van der Waals surface area contributed by atoms with Crippen molar-refractivity contribution in [3.05, 3.63) is 89.5 Å². The number of esters is 1. The van der Waals surface area contributed by atoms with Crippen molar-refractivity contribution in [2.24, 2.45) is 0 Å². The SMILES string of the molecule is COC(=O)c1ccc(NC(=O)c2ccc(NS(=O)(=O)c3ccc(C)cc3)cc2)cc1. The summed E-state index contributed by atoms with van der Waals surface area (Å²) in [6.45, 7) is 1.88. The number of hydrogen-bond acceptors (Lipinski definition) is 5. The van der Waals surface area contributed by atoms with Crippen LogP contribution in [-0.2, 0) is 14.8 Å². The summed E-state index contributed by atoms with van der Waals surface area (Å²) < 4.78 is 32.0. The van der Waals surface area contributed by atoms with E-state index >= 15 is 0 Å². The molecule has 154 valence electrons. The van der Waals surface area contributed by atoms with Crippen molar-refractivity contribution in [1.82, 2.24) is 0 Å². The van der Waals surface area contributed by atoms with E-state index in [9.17, 15) is 18.0 Å². The highest BCUT2D eigenvalue weighted by atomic mass is 32.2. The van der Waals surface area contributed by atoms with Gasteiger partial charge >= 0.3 is 5.97 Å². The summed E-state index contributed by atoms with van der Waals surface area (Å²) in [5, 5.41) is 2.71. The number of nitrogens with one attached hydrogen (secondary N) is 2. The van der Waals surface area contributed by atoms with Crippen LogP contribution in [0.5, 0.6) is 0 Å². The highest BCUT2D eigenvalue weighted by Crippen LogP contribution is 2.18. The monoisotopic (exact) mass is 424 g/mol. The molecule has 30 heavy (non-hydrogen) atoms. The Morgan fingerprint density at radius 2 is 1.30 bits per heavy atom. The van der Waals surface area contributed by atoms with Gasteiger partial charge in [0.25, 0.3) is 15.9 Å². The fraction of sp³-hybridized carbons (Fsp3) is 0.0909. The number of benzene rings is 3. The smallest absolute Gasteiger partial charge is 0.337 e. The Morgan fingerprint density at radius 3 is 1.87 bits per heavy atom. The lowest BCUT2D eigenvalue weighted by Crippen LogP contribution is -2.14. The third-order valence-electron chi connectivity index (χ3n) is 4.29. The second-order valence-electron chi connectivity index (χ2n) is 6.52. The van der Waals surface area contributed by atoms with Crippen LogP contribution in [0.15, 0.2) is 77.7 Å². The standard InChI is InChI=1S/C22H20N2O5S/c1-15-3-13-20(14-4-15)30(27,28)24-19-11-5-16(6-12-19)21(25)23-18-9-7-17(8-10-18)22(26)29-2/h3-14,24H,1-2H3,(H,23,25). The van der Waals surface area contributed by atoms with Gasteiger partial charge in [0.2, 0.25) is 0 Å². The number of carbonyl (C=O) groups excluding carboxylic acids is 2. The first-order valence-corrected chi connectivity index (χ1v) is 10.5. The Labute approximate surface area is 174 Å². The summed E-state index contributed by atoms with van der Waals surface area (Å²) >= 11 is 0. The van der Waals surface area contributed by atoms with Crippen LogP contribution in [0.1, 0.15) is 26.3 Å². The maximum absolute atomic E-state index is 12.4. The molecule has 3 aromatic carbocycles. The Bertz CT molecular complexity index is 1150. The molecule has 0 heterocycles. The summed E-state index contributed by atoms with van der Waals surface area (Å²) in [6, 6.07) is 18.9. The van der Waals surface area contributed by atoms with Crippen LogP contribution in [0.4, 0.5) is 11.4 Å². The molecule has 0 aliphatic heterocycles. The topological polar surface area (TPSA) is 102 Å². The Kier molecular flexibility index (Phi) is 6.17. The predicted octanol–water partition coefficient (Wildman–Crippen LogP) is 3.83. The molecular formula is C22H20N2O5S. The lowest BCUT2D eigenvalue weighted by atomic mass is 10.1.